The minimum atomic E-state index is -0.559. The number of benzene rings is 2. The van der Waals surface area contributed by atoms with Gasteiger partial charge < -0.3 is 15.8 Å². The smallest absolute Gasteiger partial charge is 0.373 e. The summed E-state index contributed by atoms with van der Waals surface area (Å²) < 4.78 is 6.03. The summed E-state index contributed by atoms with van der Waals surface area (Å²) in [6, 6.07) is 15.0. The van der Waals surface area contributed by atoms with Crippen molar-refractivity contribution in [2.24, 2.45) is 0 Å². The van der Waals surface area contributed by atoms with Gasteiger partial charge in [-0.3, -0.25) is 9.78 Å². The van der Waals surface area contributed by atoms with E-state index in [0.717, 1.165) is 22.2 Å². The van der Waals surface area contributed by atoms with Gasteiger partial charge in [-0.25, -0.2) is 0 Å². The molecule has 0 aliphatic heterocycles. The number of carbonyl (C=O) groups excluding carboxylic acids is 3. The van der Waals surface area contributed by atoms with Crippen LogP contribution in [0.5, 0.6) is 5.75 Å². The normalized spacial score (nSPS) is 10.5. The maximum Gasteiger partial charge on any atom is 0.373 e. The van der Waals surface area contributed by atoms with Crippen molar-refractivity contribution in [3.63, 3.8) is 0 Å². The van der Waals surface area contributed by atoms with E-state index in [1.54, 1.807) is 0 Å². The molecule has 0 fully saturated rings. The number of nitrogens with two attached hydrogens (primary N) is 1. The number of aromatic nitrogens is 1. The van der Waals surface area contributed by atoms with Gasteiger partial charge in [-0.1, -0.05) is 23.8 Å². The van der Waals surface area contributed by atoms with E-state index >= 15 is 0 Å². The average molecular weight is 407 g/mol. The van der Waals surface area contributed by atoms with Crippen LogP contribution in [0.1, 0.15) is 35.5 Å². The summed E-state index contributed by atoms with van der Waals surface area (Å²) in [5, 5.41) is 3.82. The van der Waals surface area contributed by atoms with Gasteiger partial charge in [0.25, 0.3) is 5.91 Å². The largest absolute Gasteiger partial charge is 0.490 e. The zero-order chi connectivity index (χ0) is 22.3. The summed E-state index contributed by atoms with van der Waals surface area (Å²) in [5.74, 6) is 0.536. The quantitative estimate of drug-likeness (QED) is 0.670. The van der Waals surface area contributed by atoms with Gasteiger partial charge in [0.05, 0.1) is 16.4 Å². The molecule has 2 aromatic carbocycles. The first-order chi connectivity index (χ1) is 14.2. The molecule has 1 aromatic heterocycles. The van der Waals surface area contributed by atoms with Crippen LogP contribution in [0.15, 0.2) is 48.5 Å². The van der Waals surface area contributed by atoms with Gasteiger partial charge in [0.1, 0.15) is 12.4 Å². The van der Waals surface area contributed by atoms with Crippen molar-refractivity contribution in [1.82, 2.24) is 10.3 Å². The molecule has 1 heterocycles. The number of rotatable bonds is 5. The first-order valence-electron chi connectivity index (χ1n) is 9.34. The van der Waals surface area contributed by atoms with Crippen molar-refractivity contribution in [2.75, 3.05) is 12.3 Å². The highest BCUT2D eigenvalue weighted by atomic mass is 16.5. The van der Waals surface area contributed by atoms with Gasteiger partial charge in [0, 0.05) is 16.9 Å². The second-order valence-electron chi connectivity index (χ2n) is 7.58. The fraction of sp³-hybridized carbons (Fsp3) is 0.261. The standard InChI is InChI=1S/C22H25N3O2.CO2/c1-14-8-10-16(11-9-14)21(26)25-22(3,4)13-27-19-7-5-6-18-20(19)17(23)12-15(2)24-18;2-1-3/h5-12H,13H2,1-4H3,(H2,23,24)(H,25,26);. The van der Waals surface area contributed by atoms with Crippen LogP contribution in [0, 0.1) is 13.8 Å². The molecule has 1 amide bonds. The van der Waals surface area contributed by atoms with Gasteiger partial charge in [0.15, 0.2) is 0 Å². The van der Waals surface area contributed by atoms with Crippen LogP contribution in [0.4, 0.5) is 5.69 Å². The molecule has 0 aliphatic carbocycles. The molecule has 0 atom stereocenters. The zero-order valence-electron chi connectivity index (χ0n) is 17.5. The van der Waals surface area contributed by atoms with Crippen molar-refractivity contribution in [1.29, 1.82) is 0 Å². The molecule has 0 saturated carbocycles. The van der Waals surface area contributed by atoms with Crippen LogP contribution in [-0.2, 0) is 9.59 Å². The van der Waals surface area contributed by atoms with E-state index in [1.807, 2.05) is 76.2 Å². The lowest BCUT2D eigenvalue weighted by Gasteiger charge is -2.27. The molecular formula is C23H25N3O4. The molecular weight excluding hydrogens is 382 g/mol. The van der Waals surface area contributed by atoms with Crippen LogP contribution in [0.2, 0.25) is 0 Å². The molecule has 0 aliphatic rings. The Kier molecular flexibility index (Phi) is 7.28. The number of aryl methyl sites for hydroxylation is 2. The molecule has 0 spiro atoms. The number of nitrogen functional groups attached to an aromatic ring is 1. The topological polar surface area (TPSA) is 111 Å². The van der Waals surface area contributed by atoms with E-state index in [2.05, 4.69) is 10.3 Å². The molecule has 0 unspecified atom stereocenters. The second-order valence-corrected chi connectivity index (χ2v) is 7.58. The third kappa shape index (κ3) is 5.90. The summed E-state index contributed by atoms with van der Waals surface area (Å²) >= 11 is 0. The van der Waals surface area contributed by atoms with Crippen LogP contribution in [-0.4, -0.2) is 29.2 Å². The molecule has 3 rings (SSSR count). The van der Waals surface area contributed by atoms with E-state index in [4.69, 9.17) is 20.1 Å². The van der Waals surface area contributed by atoms with Crippen LogP contribution < -0.4 is 15.8 Å². The number of hydrogen-bond acceptors (Lipinski definition) is 6. The van der Waals surface area contributed by atoms with E-state index < -0.39 is 5.54 Å². The maximum atomic E-state index is 12.5. The predicted molar refractivity (Wildman–Crippen MR) is 114 cm³/mol. The van der Waals surface area contributed by atoms with Crippen molar-refractivity contribution >= 4 is 28.6 Å². The van der Waals surface area contributed by atoms with Crippen LogP contribution >= 0.6 is 0 Å². The average Bonchev–Trinajstić information content (AvgIpc) is 2.66. The number of anilines is 1. The highest BCUT2D eigenvalue weighted by Crippen LogP contribution is 2.30. The highest BCUT2D eigenvalue weighted by Gasteiger charge is 2.23. The summed E-state index contributed by atoms with van der Waals surface area (Å²) in [6.07, 6.45) is 0.250. The van der Waals surface area contributed by atoms with E-state index in [-0.39, 0.29) is 12.1 Å². The Bertz CT molecular complexity index is 1070. The minimum absolute atomic E-state index is 0.127. The first-order valence-corrected chi connectivity index (χ1v) is 9.34. The predicted octanol–water partition coefficient (Wildman–Crippen LogP) is 3.44. The number of carbonyl (C=O) groups is 1. The summed E-state index contributed by atoms with van der Waals surface area (Å²) in [4.78, 5) is 33.2. The number of nitrogens with one attached hydrogen (secondary N) is 1. The van der Waals surface area contributed by atoms with Gasteiger partial charge in [-0.15, -0.1) is 0 Å². The molecule has 0 saturated heterocycles. The molecule has 0 bridgehead atoms. The zero-order valence-corrected chi connectivity index (χ0v) is 17.5. The van der Waals surface area contributed by atoms with Gasteiger partial charge in [-0.2, -0.15) is 9.59 Å². The lowest BCUT2D eigenvalue weighted by atomic mass is 10.1. The Labute approximate surface area is 175 Å². The third-order valence-corrected chi connectivity index (χ3v) is 4.31. The molecule has 7 nitrogen and oxygen atoms in total. The Balaban J connectivity index is 0.00000101. The summed E-state index contributed by atoms with van der Waals surface area (Å²) in [5.41, 5.74) is 9.66. The third-order valence-electron chi connectivity index (χ3n) is 4.31. The number of pyridine rings is 1. The number of ether oxygens (including phenoxy) is 1. The lowest BCUT2D eigenvalue weighted by molar-refractivity contribution is -0.191. The van der Waals surface area contributed by atoms with Crippen molar-refractivity contribution in [3.8, 4) is 5.75 Å². The Morgan fingerprint density at radius 1 is 1.13 bits per heavy atom. The monoisotopic (exact) mass is 407 g/mol. The van der Waals surface area contributed by atoms with Crippen molar-refractivity contribution in [3.05, 3.63) is 65.4 Å². The number of hydrogen-bond donors (Lipinski definition) is 2. The van der Waals surface area contributed by atoms with Crippen LogP contribution in [0.3, 0.4) is 0 Å². The summed E-state index contributed by atoms with van der Waals surface area (Å²) in [6.45, 7) is 8.06. The second kappa shape index (κ2) is 9.67. The van der Waals surface area contributed by atoms with Gasteiger partial charge >= 0.3 is 6.15 Å². The van der Waals surface area contributed by atoms with Crippen molar-refractivity contribution < 1.29 is 19.1 Å². The molecule has 7 heteroatoms. The van der Waals surface area contributed by atoms with E-state index in [9.17, 15) is 4.79 Å². The number of nitrogens with zero attached hydrogens (tertiary/aromatic N) is 1. The molecule has 156 valence electrons. The molecule has 0 radical (unpaired) electrons. The SMILES string of the molecule is Cc1ccc(C(=O)NC(C)(C)COc2cccc3nc(C)cc(N)c23)cc1.O=C=O. The van der Waals surface area contributed by atoms with Crippen LogP contribution in [0.25, 0.3) is 10.9 Å². The summed E-state index contributed by atoms with van der Waals surface area (Å²) in [7, 11) is 0. The van der Waals surface area contributed by atoms with Gasteiger partial charge in [0.2, 0.25) is 0 Å². The number of amides is 1. The Morgan fingerprint density at radius 2 is 1.77 bits per heavy atom. The minimum Gasteiger partial charge on any atom is -0.490 e. The Morgan fingerprint density at radius 3 is 2.40 bits per heavy atom. The molecule has 3 N–H and O–H groups in total. The molecule has 30 heavy (non-hydrogen) atoms. The first kappa shape index (κ1) is 22.6. The molecule has 3 aromatic rings. The van der Waals surface area contributed by atoms with E-state index in [0.29, 0.717) is 23.6 Å². The maximum absolute atomic E-state index is 12.5. The van der Waals surface area contributed by atoms with E-state index in [1.165, 1.54) is 0 Å². The lowest BCUT2D eigenvalue weighted by Crippen LogP contribution is -2.47. The van der Waals surface area contributed by atoms with Gasteiger partial charge in [-0.05, 0) is 58.0 Å². The fourth-order valence-corrected chi connectivity index (χ4v) is 2.92. The van der Waals surface area contributed by atoms with Crippen molar-refractivity contribution in [2.45, 2.75) is 33.2 Å². The fourth-order valence-electron chi connectivity index (χ4n) is 2.92. The highest BCUT2D eigenvalue weighted by molar-refractivity contribution is 5.96. The Hall–Kier alpha value is -3.70. The number of fused-ring (bicyclic) bond motifs is 1.